The first-order valence-electron chi connectivity index (χ1n) is 2.05. The van der Waals surface area contributed by atoms with Gasteiger partial charge in [-0.2, -0.15) is 0 Å². The number of hydrogen-bond donors (Lipinski definition) is 0. The Bertz CT molecular complexity index is 61.1. The molecule has 0 atom stereocenters. The molecule has 0 aliphatic heterocycles. The number of ether oxygens (including phenoxy) is 1. The second-order valence-electron chi connectivity index (χ2n) is 1.41. The second kappa shape index (κ2) is 4.34. The lowest BCUT2D eigenvalue weighted by Crippen LogP contribution is -1.89. The molecule has 0 saturated heterocycles. The van der Waals surface area contributed by atoms with Crippen LogP contribution in [0.4, 0.5) is 0 Å². The monoisotopic (exact) mass is 164 g/mol. The normalized spacial score (nSPS) is 8.86. The minimum absolute atomic E-state index is 0.597. The number of rotatable bonds is 3. The summed E-state index contributed by atoms with van der Waals surface area (Å²) >= 11 is 3.11. The predicted octanol–water partition coefficient (Wildman–Crippen LogP) is 1.93. The van der Waals surface area contributed by atoms with E-state index in [9.17, 15) is 0 Å². The van der Waals surface area contributed by atoms with Crippen molar-refractivity contribution in [1.82, 2.24) is 0 Å². The third-order valence-corrected chi connectivity index (χ3v) is 0.749. The maximum atomic E-state index is 4.91. The van der Waals surface area contributed by atoms with Crippen molar-refractivity contribution in [3.05, 3.63) is 12.2 Å². The Morgan fingerprint density at radius 1 is 1.86 bits per heavy atom. The third kappa shape index (κ3) is 6.18. The third-order valence-electron chi connectivity index (χ3n) is 0.426. The van der Waals surface area contributed by atoms with Gasteiger partial charge < -0.3 is 4.74 Å². The minimum atomic E-state index is 0.597. The maximum Gasteiger partial charge on any atom is 0.102 e. The molecule has 42 valence electrons. The smallest absolute Gasteiger partial charge is 0.102 e. The molecule has 0 heterocycles. The topological polar surface area (TPSA) is 9.23 Å². The van der Waals surface area contributed by atoms with Gasteiger partial charge in [0.15, 0.2) is 0 Å². The fraction of sp³-hybridized carbons (Fsp3) is 0.600. The quantitative estimate of drug-likeness (QED) is 0.458. The highest BCUT2D eigenvalue weighted by atomic mass is 79.9. The van der Waals surface area contributed by atoms with Gasteiger partial charge in [0.1, 0.15) is 5.52 Å². The lowest BCUT2D eigenvalue weighted by molar-refractivity contribution is 0.213. The number of hydrogen-bond acceptors (Lipinski definition) is 1. The molecule has 0 radical (unpaired) electrons. The SMILES string of the molecule is C=C(C)COCBr. The van der Waals surface area contributed by atoms with E-state index in [-0.39, 0.29) is 0 Å². The highest BCUT2D eigenvalue weighted by molar-refractivity contribution is 9.09. The molecule has 0 bridgehead atoms. The first-order chi connectivity index (χ1) is 3.27. The molecule has 0 N–H and O–H groups in total. The molecule has 0 aromatic rings. The van der Waals surface area contributed by atoms with E-state index < -0.39 is 0 Å². The van der Waals surface area contributed by atoms with Crippen molar-refractivity contribution in [3.63, 3.8) is 0 Å². The number of alkyl halides is 1. The van der Waals surface area contributed by atoms with Gasteiger partial charge in [-0.3, -0.25) is 0 Å². The fourth-order valence-electron chi connectivity index (χ4n) is 0.213. The van der Waals surface area contributed by atoms with Crippen LogP contribution in [0.25, 0.3) is 0 Å². The van der Waals surface area contributed by atoms with Gasteiger partial charge in [-0.05, 0) is 6.92 Å². The van der Waals surface area contributed by atoms with Gasteiger partial charge in [-0.15, -0.1) is 0 Å². The van der Waals surface area contributed by atoms with Crippen LogP contribution in [0, 0.1) is 0 Å². The standard InChI is InChI=1S/C5H9BrO/c1-5(2)3-7-4-6/h1,3-4H2,2H3. The molecule has 0 aromatic carbocycles. The van der Waals surface area contributed by atoms with Crippen molar-refractivity contribution in [2.45, 2.75) is 6.92 Å². The average molecular weight is 165 g/mol. The molecule has 0 fully saturated rings. The lowest BCUT2D eigenvalue weighted by Gasteiger charge is -1.94. The largest absolute Gasteiger partial charge is 0.366 e. The first-order valence-corrected chi connectivity index (χ1v) is 3.17. The van der Waals surface area contributed by atoms with E-state index in [1.54, 1.807) is 0 Å². The molecule has 1 nitrogen and oxygen atoms in total. The summed E-state index contributed by atoms with van der Waals surface area (Å²) < 4.78 is 4.91. The molecule has 0 saturated carbocycles. The molecule has 7 heavy (non-hydrogen) atoms. The zero-order valence-corrected chi connectivity index (χ0v) is 5.99. The van der Waals surface area contributed by atoms with Crippen LogP contribution in [0.5, 0.6) is 0 Å². The van der Waals surface area contributed by atoms with Crippen molar-refractivity contribution in [3.8, 4) is 0 Å². The van der Waals surface area contributed by atoms with Crippen LogP contribution in [0.15, 0.2) is 12.2 Å². The Morgan fingerprint density at radius 2 is 2.43 bits per heavy atom. The van der Waals surface area contributed by atoms with Gasteiger partial charge in [0.05, 0.1) is 6.61 Å². The van der Waals surface area contributed by atoms with E-state index >= 15 is 0 Å². The van der Waals surface area contributed by atoms with E-state index in [0.717, 1.165) is 5.57 Å². The average Bonchev–Trinajstić information content (AvgIpc) is 1.61. The predicted molar refractivity (Wildman–Crippen MR) is 34.6 cm³/mol. The summed E-state index contributed by atoms with van der Waals surface area (Å²) in [5.74, 6) is 0. The molecule has 0 aromatic heterocycles. The molecule has 0 rings (SSSR count). The van der Waals surface area contributed by atoms with Gasteiger partial charge >= 0.3 is 0 Å². The van der Waals surface area contributed by atoms with Crippen LogP contribution < -0.4 is 0 Å². The summed E-state index contributed by atoms with van der Waals surface area (Å²) in [6.45, 7) is 6.24. The van der Waals surface area contributed by atoms with Crippen LogP contribution in [-0.4, -0.2) is 12.1 Å². The molecule has 2 heteroatoms. The molecular formula is C5H9BrO. The Balaban J connectivity index is 2.82. The van der Waals surface area contributed by atoms with Gasteiger partial charge in [0, 0.05) is 0 Å². The van der Waals surface area contributed by atoms with Gasteiger partial charge in [-0.1, -0.05) is 28.1 Å². The van der Waals surface area contributed by atoms with Crippen LogP contribution in [0.3, 0.4) is 0 Å². The van der Waals surface area contributed by atoms with Crippen molar-refractivity contribution >= 4 is 15.9 Å². The van der Waals surface area contributed by atoms with Crippen LogP contribution in [-0.2, 0) is 4.74 Å². The molecule has 0 amide bonds. The summed E-state index contributed by atoms with van der Waals surface area (Å²) in [6, 6.07) is 0. The molecule has 0 spiro atoms. The maximum absolute atomic E-state index is 4.91. The first kappa shape index (κ1) is 7.18. The number of halogens is 1. The zero-order chi connectivity index (χ0) is 5.70. The molecule has 0 aliphatic carbocycles. The van der Waals surface area contributed by atoms with Crippen LogP contribution in [0.1, 0.15) is 6.92 Å². The zero-order valence-electron chi connectivity index (χ0n) is 4.41. The van der Waals surface area contributed by atoms with Gasteiger partial charge in [0.2, 0.25) is 0 Å². The van der Waals surface area contributed by atoms with Crippen LogP contribution >= 0.6 is 15.9 Å². The van der Waals surface area contributed by atoms with E-state index in [2.05, 4.69) is 22.5 Å². The Kier molecular flexibility index (Phi) is 4.45. The summed E-state index contributed by atoms with van der Waals surface area (Å²) in [6.07, 6.45) is 0. The minimum Gasteiger partial charge on any atom is -0.366 e. The summed E-state index contributed by atoms with van der Waals surface area (Å²) in [4.78, 5) is 0. The fourth-order valence-corrected chi connectivity index (χ4v) is 0.375. The van der Waals surface area contributed by atoms with E-state index in [0.29, 0.717) is 12.1 Å². The Hall–Kier alpha value is 0.180. The highest BCUT2D eigenvalue weighted by Gasteiger charge is 1.80. The van der Waals surface area contributed by atoms with Crippen molar-refractivity contribution in [2.24, 2.45) is 0 Å². The molecule has 0 unspecified atom stereocenters. The summed E-state index contributed by atoms with van der Waals surface area (Å²) in [7, 11) is 0. The highest BCUT2D eigenvalue weighted by Crippen LogP contribution is 1.89. The molecule has 0 aliphatic rings. The van der Waals surface area contributed by atoms with Crippen molar-refractivity contribution in [1.29, 1.82) is 0 Å². The van der Waals surface area contributed by atoms with E-state index in [1.807, 2.05) is 6.92 Å². The van der Waals surface area contributed by atoms with Crippen LogP contribution in [0.2, 0.25) is 0 Å². The second-order valence-corrected chi connectivity index (χ2v) is 1.87. The van der Waals surface area contributed by atoms with E-state index in [4.69, 9.17) is 4.74 Å². The van der Waals surface area contributed by atoms with Gasteiger partial charge in [-0.25, -0.2) is 0 Å². The van der Waals surface area contributed by atoms with E-state index in [1.165, 1.54) is 0 Å². The molecular weight excluding hydrogens is 156 g/mol. The summed E-state index contributed by atoms with van der Waals surface area (Å²) in [5.41, 5.74) is 1.65. The van der Waals surface area contributed by atoms with Gasteiger partial charge in [0.25, 0.3) is 0 Å². The van der Waals surface area contributed by atoms with Crippen molar-refractivity contribution in [2.75, 3.05) is 12.1 Å². The Morgan fingerprint density at radius 3 is 2.57 bits per heavy atom. The lowest BCUT2D eigenvalue weighted by atomic mass is 10.4. The van der Waals surface area contributed by atoms with Crippen molar-refractivity contribution < 1.29 is 4.74 Å². The summed E-state index contributed by atoms with van der Waals surface area (Å²) in [5, 5.41) is 0. The Labute approximate surface area is 52.5 Å².